The summed E-state index contributed by atoms with van der Waals surface area (Å²) in [4.78, 5) is 4.49. The smallest absolute Gasteiger partial charge is 0.0927 e. The van der Waals surface area contributed by atoms with Crippen molar-refractivity contribution in [2.45, 2.75) is 19.8 Å². The van der Waals surface area contributed by atoms with Crippen LogP contribution in [0.5, 0.6) is 0 Å². The van der Waals surface area contributed by atoms with Crippen LogP contribution in [0.1, 0.15) is 19.0 Å². The van der Waals surface area contributed by atoms with Crippen LogP contribution in [0.3, 0.4) is 0 Å². The molecule has 1 aromatic carbocycles. The van der Waals surface area contributed by atoms with E-state index in [2.05, 4.69) is 11.9 Å². The van der Waals surface area contributed by atoms with E-state index in [1.807, 2.05) is 6.07 Å². The van der Waals surface area contributed by atoms with Gasteiger partial charge in [0, 0.05) is 16.8 Å². The van der Waals surface area contributed by atoms with Gasteiger partial charge in [-0.15, -0.1) is 0 Å². The molecule has 0 aliphatic heterocycles. The molecule has 0 atom stereocenters. The molecule has 0 aliphatic rings. The minimum atomic E-state index is 0.587. The standard InChI is InChI=1S/C12H12Cl2N2/c1-2-3-7-6-10(15)11-8(13)4-5-9(14)12(11)16-7/h4-6H,2-3H2,1H3,(H2,15,16). The van der Waals surface area contributed by atoms with Gasteiger partial charge in [-0.1, -0.05) is 36.5 Å². The Balaban J connectivity index is 2.76. The maximum atomic E-state index is 6.10. The van der Waals surface area contributed by atoms with E-state index in [0.717, 1.165) is 23.9 Å². The molecule has 1 aromatic heterocycles. The van der Waals surface area contributed by atoms with Gasteiger partial charge in [-0.05, 0) is 24.6 Å². The largest absolute Gasteiger partial charge is 0.398 e. The summed E-state index contributed by atoms with van der Waals surface area (Å²) >= 11 is 12.2. The first kappa shape index (κ1) is 11.5. The van der Waals surface area contributed by atoms with Gasteiger partial charge in [-0.2, -0.15) is 0 Å². The van der Waals surface area contributed by atoms with Gasteiger partial charge in [0.15, 0.2) is 0 Å². The Labute approximate surface area is 104 Å². The Kier molecular flexibility index (Phi) is 3.22. The fourth-order valence-electron chi connectivity index (χ4n) is 1.74. The fourth-order valence-corrected chi connectivity index (χ4v) is 2.20. The van der Waals surface area contributed by atoms with Gasteiger partial charge in [0.25, 0.3) is 0 Å². The van der Waals surface area contributed by atoms with Crippen molar-refractivity contribution in [1.29, 1.82) is 0 Å². The molecule has 0 saturated carbocycles. The maximum absolute atomic E-state index is 6.10. The lowest BCUT2D eigenvalue weighted by molar-refractivity contribution is 0.890. The van der Waals surface area contributed by atoms with E-state index >= 15 is 0 Å². The molecule has 0 unspecified atom stereocenters. The molecule has 16 heavy (non-hydrogen) atoms. The first-order valence-corrected chi connectivity index (χ1v) is 5.92. The molecule has 2 rings (SSSR count). The number of aromatic nitrogens is 1. The number of halogens is 2. The number of hydrogen-bond acceptors (Lipinski definition) is 2. The van der Waals surface area contributed by atoms with Crippen molar-refractivity contribution < 1.29 is 0 Å². The summed E-state index contributed by atoms with van der Waals surface area (Å²) < 4.78 is 0. The zero-order valence-corrected chi connectivity index (χ0v) is 10.4. The van der Waals surface area contributed by atoms with E-state index in [4.69, 9.17) is 28.9 Å². The Bertz CT molecular complexity index is 538. The monoisotopic (exact) mass is 254 g/mol. The first-order valence-electron chi connectivity index (χ1n) is 5.16. The predicted molar refractivity (Wildman–Crippen MR) is 70.2 cm³/mol. The molecule has 0 saturated heterocycles. The number of nitrogens with zero attached hydrogens (tertiary/aromatic N) is 1. The zero-order valence-electron chi connectivity index (χ0n) is 8.93. The molecule has 0 radical (unpaired) electrons. The number of aryl methyl sites for hydroxylation is 1. The van der Waals surface area contributed by atoms with E-state index in [0.29, 0.717) is 21.2 Å². The highest BCUT2D eigenvalue weighted by Gasteiger charge is 2.09. The number of fused-ring (bicyclic) bond motifs is 1. The average Bonchev–Trinajstić information content (AvgIpc) is 2.23. The molecule has 0 aliphatic carbocycles. The van der Waals surface area contributed by atoms with Crippen LogP contribution in [-0.4, -0.2) is 4.98 Å². The van der Waals surface area contributed by atoms with Crippen LogP contribution in [0.15, 0.2) is 18.2 Å². The van der Waals surface area contributed by atoms with Crippen molar-refractivity contribution >= 4 is 39.8 Å². The Hall–Kier alpha value is -0.990. The number of anilines is 1. The zero-order chi connectivity index (χ0) is 11.7. The SMILES string of the molecule is CCCc1cc(N)c2c(Cl)ccc(Cl)c2n1. The molecule has 0 spiro atoms. The summed E-state index contributed by atoms with van der Waals surface area (Å²) in [6.45, 7) is 2.10. The quantitative estimate of drug-likeness (QED) is 0.878. The van der Waals surface area contributed by atoms with Crippen molar-refractivity contribution in [3.05, 3.63) is 33.9 Å². The molecule has 2 aromatic rings. The third-order valence-electron chi connectivity index (χ3n) is 2.45. The molecule has 2 nitrogen and oxygen atoms in total. The second-order valence-electron chi connectivity index (χ2n) is 3.71. The van der Waals surface area contributed by atoms with Crippen LogP contribution in [0.2, 0.25) is 10.0 Å². The maximum Gasteiger partial charge on any atom is 0.0927 e. The summed E-state index contributed by atoms with van der Waals surface area (Å²) in [7, 11) is 0. The summed E-state index contributed by atoms with van der Waals surface area (Å²) in [5, 5.41) is 1.92. The Morgan fingerprint density at radius 1 is 1.25 bits per heavy atom. The highest BCUT2D eigenvalue weighted by atomic mass is 35.5. The van der Waals surface area contributed by atoms with Gasteiger partial charge < -0.3 is 5.73 Å². The number of hydrogen-bond donors (Lipinski definition) is 1. The van der Waals surface area contributed by atoms with Gasteiger partial charge in [0.2, 0.25) is 0 Å². The number of nitrogens with two attached hydrogens (primary N) is 1. The number of benzene rings is 1. The van der Waals surface area contributed by atoms with Gasteiger partial charge in [-0.25, -0.2) is 0 Å². The van der Waals surface area contributed by atoms with Crippen molar-refractivity contribution in [1.82, 2.24) is 4.98 Å². The minimum Gasteiger partial charge on any atom is -0.398 e. The Morgan fingerprint density at radius 2 is 1.94 bits per heavy atom. The lowest BCUT2D eigenvalue weighted by Crippen LogP contribution is -1.96. The van der Waals surface area contributed by atoms with E-state index in [1.165, 1.54) is 0 Å². The normalized spacial score (nSPS) is 10.9. The summed E-state index contributed by atoms with van der Waals surface area (Å²) in [6.07, 6.45) is 1.92. The predicted octanol–water partition coefficient (Wildman–Crippen LogP) is 4.08. The number of nitrogen functional groups attached to an aromatic ring is 1. The van der Waals surface area contributed by atoms with Gasteiger partial charge in [0.1, 0.15) is 0 Å². The van der Waals surface area contributed by atoms with Crippen molar-refractivity contribution in [3.8, 4) is 0 Å². The summed E-state index contributed by atoms with van der Waals surface area (Å²) in [5.74, 6) is 0. The highest BCUT2D eigenvalue weighted by molar-refractivity contribution is 6.40. The van der Waals surface area contributed by atoms with E-state index < -0.39 is 0 Å². The molecular formula is C12H12Cl2N2. The summed E-state index contributed by atoms with van der Waals surface area (Å²) in [5.41, 5.74) is 8.26. The Morgan fingerprint density at radius 3 is 2.62 bits per heavy atom. The van der Waals surface area contributed by atoms with Crippen LogP contribution < -0.4 is 5.73 Å². The molecule has 0 fully saturated rings. The van der Waals surface area contributed by atoms with E-state index in [9.17, 15) is 0 Å². The average molecular weight is 255 g/mol. The molecule has 4 heteroatoms. The lowest BCUT2D eigenvalue weighted by atomic mass is 10.1. The van der Waals surface area contributed by atoms with E-state index in [-0.39, 0.29) is 0 Å². The number of pyridine rings is 1. The molecule has 0 bridgehead atoms. The summed E-state index contributed by atoms with van der Waals surface area (Å²) in [6, 6.07) is 5.35. The molecule has 84 valence electrons. The van der Waals surface area contributed by atoms with Gasteiger partial charge in [0.05, 0.1) is 15.6 Å². The van der Waals surface area contributed by atoms with Crippen molar-refractivity contribution in [2.75, 3.05) is 5.73 Å². The second-order valence-corrected chi connectivity index (χ2v) is 4.52. The van der Waals surface area contributed by atoms with E-state index in [1.54, 1.807) is 12.1 Å². The fraction of sp³-hybridized carbons (Fsp3) is 0.250. The van der Waals surface area contributed by atoms with Gasteiger partial charge >= 0.3 is 0 Å². The van der Waals surface area contributed by atoms with Crippen LogP contribution in [0.25, 0.3) is 10.9 Å². The molecule has 0 amide bonds. The third kappa shape index (κ3) is 1.95. The number of rotatable bonds is 2. The van der Waals surface area contributed by atoms with Crippen molar-refractivity contribution in [3.63, 3.8) is 0 Å². The molecule has 2 N–H and O–H groups in total. The lowest BCUT2D eigenvalue weighted by Gasteiger charge is -2.08. The van der Waals surface area contributed by atoms with Crippen LogP contribution in [-0.2, 0) is 6.42 Å². The van der Waals surface area contributed by atoms with Crippen molar-refractivity contribution in [2.24, 2.45) is 0 Å². The van der Waals surface area contributed by atoms with Crippen LogP contribution in [0.4, 0.5) is 5.69 Å². The third-order valence-corrected chi connectivity index (χ3v) is 3.07. The minimum absolute atomic E-state index is 0.587. The highest BCUT2D eigenvalue weighted by Crippen LogP contribution is 2.32. The van der Waals surface area contributed by atoms with Crippen LogP contribution in [0, 0.1) is 0 Å². The van der Waals surface area contributed by atoms with Crippen LogP contribution >= 0.6 is 23.2 Å². The second kappa shape index (κ2) is 4.48. The molecule has 1 heterocycles. The molecular weight excluding hydrogens is 243 g/mol. The topological polar surface area (TPSA) is 38.9 Å². The first-order chi connectivity index (χ1) is 7.63. The van der Waals surface area contributed by atoms with Gasteiger partial charge in [-0.3, -0.25) is 4.98 Å².